The number of alkyl halides is 3. The first kappa shape index (κ1) is 18.8. The van der Waals surface area contributed by atoms with Gasteiger partial charge < -0.3 is 9.40 Å². The van der Waals surface area contributed by atoms with E-state index in [-0.39, 0.29) is 0 Å². The summed E-state index contributed by atoms with van der Waals surface area (Å²) in [4.78, 5) is 5.32. The maximum Gasteiger partial charge on any atom is 0.416 e. The van der Waals surface area contributed by atoms with Crippen molar-refractivity contribution in [3.63, 3.8) is 0 Å². The Hall–Kier alpha value is -3.02. The first-order valence-electron chi connectivity index (χ1n) is 8.42. The molecule has 140 valence electrons. The van der Waals surface area contributed by atoms with Gasteiger partial charge in [0.25, 0.3) is 0 Å². The van der Waals surface area contributed by atoms with Crippen molar-refractivity contribution in [2.45, 2.75) is 26.6 Å². The average molecular weight is 372 g/mol. The number of halogens is 3. The van der Waals surface area contributed by atoms with Crippen LogP contribution in [0.1, 0.15) is 28.1 Å². The monoisotopic (exact) mass is 372 g/mol. The van der Waals surface area contributed by atoms with Crippen molar-refractivity contribution in [1.82, 2.24) is 4.57 Å². The second kappa shape index (κ2) is 7.70. The molecule has 1 aromatic heterocycles. The molecule has 3 rings (SSSR count). The van der Waals surface area contributed by atoms with Crippen LogP contribution in [0, 0.1) is 13.8 Å². The molecule has 0 spiro atoms. The molecule has 0 aliphatic rings. The Morgan fingerprint density at radius 2 is 1.67 bits per heavy atom. The smallest absolute Gasteiger partial charge is 0.391 e. The highest BCUT2D eigenvalue weighted by molar-refractivity contribution is 5.81. The predicted octanol–water partition coefficient (Wildman–Crippen LogP) is 5.66. The summed E-state index contributed by atoms with van der Waals surface area (Å²) in [5.74, 6) is 0. The Labute approximate surface area is 155 Å². The number of hydrogen-bond acceptors (Lipinski definition) is 2. The molecule has 3 aromatic rings. The molecule has 0 N–H and O–H groups in total. The highest BCUT2D eigenvalue weighted by Crippen LogP contribution is 2.30. The molecule has 0 fully saturated rings. The molecular formula is C21H19F3N2O. The molecule has 0 saturated heterocycles. The quantitative estimate of drug-likeness (QED) is 0.419. The number of benzene rings is 2. The van der Waals surface area contributed by atoms with Crippen molar-refractivity contribution in [3.8, 4) is 5.69 Å². The third-order valence-electron chi connectivity index (χ3n) is 4.26. The van der Waals surface area contributed by atoms with E-state index in [1.54, 1.807) is 6.21 Å². The lowest BCUT2D eigenvalue weighted by atomic mass is 10.2. The molecular weight excluding hydrogens is 353 g/mol. The molecule has 0 bridgehead atoms. The van der Waals surface area contributed by atoms with Gasteiger partial charge in [0.1, 0.15) is 6.61 Å². The standard InChI is InChI=1S/C21H19F3N2O/c1-15-12-18(13-25-27-14-17-6-4-3-5-7-17)16(2)26(15)20-10-8-19(9-11-20)21(22,23)24/h3-13H,14H2,1-2H3/b25-13+. The largest absolute Gasteiger partial charge is 0.416 e. The van der Waals surface area contributed by atoms with Gasteiger partial charge in [-0.3, -0.25) is 0 Å². The fourth-order valence-corrected chi connectivity index (χ4v) is 2.90. The summed E-state index contributed by atoms with van der Waals surface area (Å²) in [7, 11) is 0. The van der Waals surface area contributed by atoms with Crippen LogP contribution in [-0.2, 0) is 17.6 Å². The second-order valence-electron chi connectivity index (χ2n) is 6.20. The molecule has 1 heterocycles. The third-order valence-corrected chi connectivity index (χ3v) is 4.26. The van der Waals surface area contributed by atoms with Crippen molar-refractivity contribution < 1.29 is 18.0 Å². The summed E-state index contributed by atoms with van der Waals surface area (Å²) < 4.78 is 40.1. The molecule has 6 heteroatoms. The molecule has 0 aliphatic carbocycles. The Morgan fingerprint density at radius 3 is 2.30 bits per heavy atom. The maximum absolute atomic E-state index is 12.7. The van der Waals surface area contributed by atoms with Gasteiger partial charge in [-0.15, -0.1) is 0 Å². The molecule has 2 aromatic carbocycles. The topological polar surface area (TPSA) is 26.5 Å². The number of nitrogens with zero attached hydrogens (tertiary/aromatic N) is 2. The normalized spacial score (nSPS) is 11.9. The zero-order chi connectivity index (χ0) is 19.4. The first-order chi connectivity index (χ1) is 12.9. The minimum atomic E-state index is -4.34. The van der Waals surface area contributed by atoms with Crippen LogP contribution in [0.5, 0.6) is 0 Å². The highest BCUT2D eigenvalue weighted by atomic mass is 19.4. The molecule has 0 unspecified atom stereocenters. The summed E-state index contributed by atoms with van der Waals surface area (Å²) >= 11 is 0. The van der Waals surface area contributed by atoms with Crippen LogP contribution in [0.2, 0.25) is 0 Å². The molecule has 0 amide bonds. The highest BCUT2D eigenvalue weighted by Gasteiger charge is 2.30. The van der Waals surface area contributed by atoms with Crippen LogP contribution in [-0.4, -0.2) is 10.8 Å². The van der Waals surface area contributed by atoms with E-state index in [1.807, 2.05) is 54.8 Å². The van der Waals surface area contributed by atoms with Gasteiger partial charge in [-0.2, -0.15) is 13.2 Å². The average Bonchev–Trinajstić information content (AvgIpc) is 2.92. The van der Waals surface area contributed by atoms with Crippen LogP contribution in [0.25, 0.3) is 5.69 Å². The third kappa shape index (κ3) is 4.39. The molecule has 3 nitrogen and oxygen atoms in total. The molecule has 0 saturated carbocycles. The van der Waals surface area contributed by atoms with Crippen LogP contribution in [0.15, 0.2) is 65.8 Å². The van der Waals surface area contributed by atoms with Crippen LogP contribution >= 0.6 is 0 Å². The Balaban J connectivity index is 1.75. The Kier molecular flexibility index (Phi) is 5.35. The van der Waals surface area contributed by atoms with E-state index < -0.39 is 11.7 Å². The van der Waals surface area contributed by atoms with Gasteiger partial charge in [-0.25, -0.2) is 0 Å². The van der Waals surface area contributed by atoms with E-state index in [2.05, 4.69) is 5.16 Å². The van der Waals surface area contributed by atoms with Gasteiger partial charge >= 0.3 is 6.18 Å². The minimum absolute atomic E-state index is 0.370. The van der Waals surface area contributed by atoms with Crippen molar-refractivity contribution in [2.75, 3.05) is 0 Å². The fraction of sp³-hybridized carbons (Fsp3) is 0.190. The lowest BCUT2D eigenvalue weighted by Crippen LogP contribution is -2.06. The van der Waals surface area contributed by atoms with Crippen LogP contribution in [0.4, 0.5) is 13.2 Å². The number of rotatable bonds is 5. The van der Waals surface area contributed by atoms with Crippen LogP contribution < -0.4 is 0 Å². The fourth-order valence-electron chi connectivity index (χ4n) is 2.90. The second-order valence-corrected chi connectivity index (χ2v) is 6.20. The summed E-state index contributed by atoms with van der Waals surface area (Å²) in [6.07, 6.45) is -2.72. The van der Waals surface area contributed by atoms with Crippen molar-refractivity contribution >= 4 is 6.21 Å². The van der Waals surface area contributed by atoms with Crippen molar-refractivity contribution in [3.05, 3.63) is 88.7 Å². The van der Waals surface area contributed by atoms with E-state index >= 15 is 0 Å². The molecule has 0 atom stereocenters. The van der Waals surface area contributed by atoms with Gasteiger partial charge in [0.15, 0.2) is 0 Å². The SMILES string of the molecule is Cc1cc(/C=N/OCc2ccccc2)c(C)n1-c1ccc(C(F)(F)F)cc1. The predicted molar refractivity (Wildman–Crippen MR) is 99.1 cm³/mol. The Bertz CT molecular complexity index is 927. The van der Waals surface area contributed by atoms with Gasteiger partial charge in [0, 0.05) is 22.6 Å². The van der Waals surface area contributed by atoms with E-state index in [0.717, 1.165) is 34.6 Å². The Morgan fingerprint density at radius 1 is 1.00 bits per heavy atom. The molecule has 0 aliphatic heterocycles. The number of hydrogen-bond donors (Lipinski definition) is 0. The maximum atomic E-state index is 12.7. The van der Waals surface area contributed by atoms with Gasteiger partial charge in [-0.1, -0.05) is 35.5 Å². The summed E-state index contributed by atoms with van der Waals surface area (Å²) in [5.41, 5.74) is 3.65. The number of aromatic nitrogens is 1. The molecule has 27 heavy (non-hydrogen) atoms. The zero-order valence-corrected chi connectivity index (χ0v) is 15.0. The lowest BCUT2D eigenvalue weighted by Gasteiger charge is -2.12. The molecule has 0 radical (unpaired) electrons. The lowest BCUT2D eigenvalue weighted by molar-refractivity contribution is -0.137. The summed E-state index contributed by atoms with van der Waals surface area (Å²) in [6, 6.07) is 16.7. The zero-order valence-electron chi connectivity index (χ0n) is 15.0. The minimum Gasteiger partial charge on any atom is -0.391 e. The van der Waals surface area contributed by atoms with Crippen LogP contribution in [0.3, 0.4) is 0 Å². The first-order valence-corrected chi connectivity index (χ1v) is 8.42. The van der Waals surface area contributed by atoms with E-state index in [1.165, 1.54) is 12.1 Å². The van der Waals surface area contributed by atoms with E-state index in [4.69, 9.17) is 4.84 Å². The van der Waals surface area contributed by atoms with Gasteiger partial charge in [-0.05, 0) is 49.7 Å². The summed E-state index contributed by atoms with van der Waals surface area (Å²) in [6.45, 7) is 4.16. The van der Waals surface area contributed by atoms with Crippen molar-refractivity contribution in [2.24, 2.45) is 5.16 Å². The van der Waals surface area contributed by atoms with Gasteiger partial charge in [0.05, 0.1) is 11.8 Å². The van der Waals surface area contributed by atoms with E-state index in [9.17, 15) is 13.2 Å². The van der Waals surface area contributed by atoms with E-state index in [0.29, 0.717) is 12.3 Å². The van der Waals surface area contributed by atoms with Gasteiger partial charge in [0.2, 0.25) is 0 Å². The number of oxime groups is 1. The van der Waals surface area contributed by atoms with Crippen molar-refractivity contribution in [1.29, 1.82) is 0 Å². The summed E-state index contributed by atoms with van der Waals surface area (Å²) in [5, 5.41) is 4.01. The number of aryl methyl sites for hydroxylation is 1.